The van der Waals surface area contributed by atoms with E-state index in [-0.39, 0.29) is 29.8 Å². The first-order chi connectivity index (χ1) is 15.9. The zero-order valence-corrected chi connectivity index (χ0v) is 19.4. The highest BCUT2D eigenvalue weighted by Crippen LogP contribution is 2.36. The van der Waals surface area contributed by atoms with E-state index in [1.54, 1.807) is 6.07 Å². The number of hydrogen-bond donors (Lipinski definition) is 2. The standard InChI is InChI=1S/C24H23N3O4S2/c1-2-22(28)26-23-14-19-15-27(16-21(19)32-23)33(30,31)20-10-8-18(9-11-20)24(29)25-13-12-17-6-4-3-5-7-17/h2-11,14H,1,12-13,15-16H2,(H,25,29)(H,26,28). The molecule has 0 aliphatic carbocycles. The van der Waals surface area contributed by atoms with Crippen molar-refractivity contribution in [2.24, 2.45) is 0 Å². The van der Waals surface area contributed by atoms with Gasteiger partial charge in [-0.2, -0.15) is 4.31 Å². The van der Waals surface area contributed by atoms with Crippen LogP contribution < -0.4 is 10.6 Å². The van der Waals surface area contributed by atoms with Gasteiger partial charge in [0.15, 0.2) is 0 Å². The van der Waals surface area contributed by atoms with Crippen LogP contribution in [0, 0.1) is 0 Å². The van der Waals surface area contributed by atoms with Crippen LogP contribution in [0.15, 0.2) is 78.2 Å². The van der Waals surface area contributed by atoms with Crippen molar-refractivity contribution in [1.82, 2.24) is 9.62 Å². The van der Waals surface area contributed by atoms with Crippen LogP contribution in [0.1, 0.15) is 26.4 Å². The Morgan fingerprint density at radius 1 is 1.06 bits per heavy atom. The summed E-state index contributed by atoms with van der Waals surface area (Å²) >= 11 is 1.35. The monoisotopic (exact) mass is 481 g/mol. The smallest absolute Gasteiger partial charge is 0.251 e. The number of carbonyl (C=O) groups excluding carboxylic acids is 2. The van der Waals surface area contributed by atoms with Gasteiger partial charge in [-0.15, -0.1) is 11.3 Å². The maximum absolute atomic E-state index is 13.1. The fraction of sp³-hybridized carbons (Fsp3) is 0.167. The van der Waals surface area contributed by atoms with E-state index >= 15 is 0 Å². The van der Waals surface area contributed by atoms with E-state index < -0.39 is 10.0 Å². The maximum atomic E-state index is 13.1. The predicted molar refractivity (Wildman–Crippen MR) is 128 cm³/mol. The number of amides is 2. The zero-order valence-electron chi connectivity index (χ0n) is 17.8. The first-order valence-electron chi connectivity index (χ1n) is 10.3. The fourth-order valence-electron chi connectivity index (χ4n) is 3.54. The molecule has 1 aliphatic heterocycles. The Bertz CT molecular complexity index is 1260. The molecule has 2 amide bonds. The number of benzene rings is 2. The van der Waals surface area contributed by atoms with E-state index in [4.69, 9.17) is 0 Å². The average molecular weight is 482 g/mol. The Morgan fingerprint density at radius 3 is 2.45 bits per heavy atom. The number of fused-ring (bicyclic) bond motifs is 1. The molecule has 0 saturated carbocycles. The molecule has 2 aromatic carbocycles. The van der Waals surface area contributed by atoms with E-state index in [2.05, 4.69) is 17.2 Å². The lowest BCUT2D eigenvalue weighted by Crippen LogP contribution is -2.27. The van der Waals surface area contributed by atoms with Crippen LogP contribution in [-0.4, -0.2) is 31.1 Å². The molecule has 170 valence electrons. The number of nitrogens with zero attached hydrogens (tertiary/aromatic N) is 1. The lowest BCUT2D eigenvalue weighted by Gasteiger charge is -2.16. The summed E-state index contributed by atoms with van der Waals surface area (Å²) in [6, 6.07) is 17.6. The Morgan fingerprint density at radius 2 is 1.79 bits per heavy atom. The molecule has 1 aliphatic rings. The molecule has 1 aromatic heterocycles. The van der Waals surface area contributed by atoms with Gasteiger partial charge >= 0.3 is 0 Å². The van der Waals surface area contributed by atoms with Crippen molar-refractivity contribution in [3.05, 3.63) is 94.9 Å². The van der Waals surface area contributed by atoms with E-state index in [1.807, 2.05) is 30.3 Å². The van der Waals surface area contributed by atoms with Gasteiger partial charge in [-0.05, 0) is 54.0 Å². The van der Waals surface area contributed by atoms with Crippen molar-refractivity contribution < 1.29 is 18.0 Å². The summed E-state index contributed by atoms with van der Waals surface area (Å²) in [5.41, 5.74) is 2.41. The summed E-state index contributed by atoms with van der Waals surface area (Å²) in [7, 11) is -3.71. The zero-order chi connectivity index (χ0) is 23.4. The minimum absolute atomic E-state index is 0.138. The predicted octanol–water partition coefficient (Wildman–Crippen LogP) is 3.55. The Kier molecular flexibility index (Phi) is 6.73. The molecule has 0 spiro atoms. The minimum Gasteiger partial charge on any atom is -0.352 e. The molecule has 0 unspecified atom stereocenters. The van der Waals surface area contributed by atoms with Gasteiger partial charge in [0.05, 0.1) is 9.90 Å². The molecule has 2 heterocycles. The van der Waals surface area contributed by atoms with Crippen LogP contribution >= 0.6 is 11.3 Å². The third-order valence-corrected chi connectivity index (χ3v) is 8.17. The van der Waals surface area contributed by atoms with Crippen LogP contribution in [-0.2, 0) is 34.3 Å². The van der Waals surface area contributed by atoms with Gasteiger partial charge in [0.1, 0.15) is 0 Å². The lowest BCUT2D eigenvalue weighted by molar-refractivity contribution is -0.111. The molecule has 0 bridgehead atoms. The molecule has 4 rings (SSSR count). The summed E-state index contributed by atoms with van der Waals surface area (Å²) < 4.78 is 27.5. The third kappa shape index (κ3) is 5.22. The number of sulfonamides is 1. The molecule has 0 radical (unpaired) electrons. The molecule has 9 heteroatoms. The van der Waals surface area contributed by atoms with Crippen LogP contribution in [0.5, 0.6) is 0 Å². The molecular weight excluding hydrogens is 458 g/mol. The molecular formula is C24H23N3O4S2. The van der Waals surface area contributed by atoms with Gasteiger partial charge in [0, 0.05) is 30.1 Å². The number of hydrogen-bond acceptors (Lipinski definition) is 5. The Balaban J connectivity index is 1.36. The topological polar surface area (TPSA) is 95.6 Å². The highest BCUT2D eigenvalue weighted by atomic mass is 32.2. The molecule has 0 atom stereocenters. The molecule has 3 aromatic rings. The second-order valence-corrected chi connectivity index (χ2v) is 10.6. The van der Waals surface area contributed by atoms with E-state index in [1.165, 1.54) is 46.0 Å². The second kappa shape index (κ2) is 9.70. The van der Waals surface area contributed by atoms with E-state index in [9.17, 15) is 18.0 Å². The molecule has 2 N–H and O–H groups in total. The third-order valence-electron chi connectivity index (χ3n) is 5.29. The van der Waals surface area contributed by atoms with Crippen molar-refractivity contribution in [3.8, 4) is 0 Å². The summed E-state index contributed by atoms with van der Waals surface area (Å²) in [6.45, 7) is 4.40. The largest absolute Gasteiger partial charge is 0.352 e. The SMILES string of the molecule is C=CC(=O)Nc1cc2c(s1)CN(S(=O)(=O)c1ccc(C(=O)NCCc3ccccc3)cc1)C2. The maximum Gasteiger partial charge on any atom is 0.251 e. The second-order valence-electron chi connectivity index (χ2n) is 7.54. The van der Waals surface area contributed by atoms with Crippen molar-refractivity contribution in [2.75, 3.05) is 11.9 Å². The highest BCUT2D eigenvalue weighted by Gasteiger charge is 2.32. The number of anilines is 1. The van der Waals surface area contributed by atoms with Crippen molar-refractivity contribution >= 4 is 38.2 Å². The van der Waals surface area contributed by atoms with E-state index in [0.29, 0.717) is 17.1 Å². The normalized spacial score (nSPS) is 13.3. The Hall–Kier alpha value is -3.27. The fourth-order valence-corrected chi connectivity index (χ4v) is 6.10. The Labute approximate surface area is 196 Å². The first-order valence-corrected chi connectivity index (χ1v) is 12.6. The van der Waals surface area contributed by atoms with Crippen LogP contribution in [0.2, 0.25) is 0 Å². The molecule has 0 fully saturated rings. The number of rotatable bonds is 8. The van der Waals surface area contributed by atoms with Crippen LogP contribution in [0.3, 0.4) is 0 Å². The highest BCUT2D eigenvalue weighted by molar-refractivity contribution is 7.89. The van der Waals surface area contributed by atoms with Crippen LogP contribution in [0.25, 0.3) is 0 Å². The van der Waals surface area contributed by atoms with Gasteiger partial charge in [0.25, 0.3) is 5.91 Å². The van der Waals surface area contributed by atoms with Gasteiger partial charge < -0.3 is 10.6 Å². The van der Waals surface area contributed by atoms with E-state index in [0.717, 1.165) is 22.4 Å². The van der Waals surface area contributed by atoms with Gasteiger partial charge in [-0.25, -0.2) is 8.42 Å². The molecule has 7 nitrogen and oxygen atoms in total. The van der Waals surface area contributed by atoms with Crippen LogP contribution in [0.4, 0.5) is 5.00 Å². The summed E-state index contributed by atoms with van der Waals surface area (Å²) in [6.07, 6.45) is 1.91. The van der Waals surface area contributed by atoms with Gasteiger partial charge in [-0.1, -0.05) is 36.9 Å². The van der Waals surface area contributed by atoms with Crippen molar-refractivity contribution in [3.63, 3.8) is 0 Å². The summed E-state index contributed by atoms with van der Waals surface area (Å²) in [5, 5.41) is 6.23. The summed E-state index contributed by atoms with van der Waals surface area (Å²) in [4.78, 5) is 24.9. The molecule has 0 saturated heterocycles. The first kappa shape index (κ1) is 22.9. The number of thiophene rings is 1. The van der Waals surface area contributed by atoms with Gasteiger partial charge in [-0.3, -0.25) is 9.59 Å². The molecule has 33 heavy (non-hydrogen) atoms. The number of nitrogens with one attached hydrogen (secondary N) is 2. The summed E-state index contributed by atoms with van der Waals surface area (Å²) in [5.74, 6) is -0.545. The minimum atomic E-state index is -3.71. The van der Waals surface area contributed by atoms with Gasteiger partial charge in [0.2, 0.25) is 15.9 Å². The quantitative estimate of drug-likeness (QED) is 0.481. The number of carbonyl (C=O) groups is 2. The average Bonchev–Trinajstić information content (AvgIpc) is 3.39. The van der Waals surface area contributed by atoms with Crippen molar-refractivity contribution in [2.45, 2.75) is 24.4 Å². The van der Waals surface area contributed by atoms with Crippen molar-refractivity contribution in [1.29, 1.82) is 0 Å². The lowest BCUT2D eigenvalue weighted by atomic mass is 10.1.